The molecule has 1 N–H and O–H groups in total. The molecule has 4 heteroatoms. The molecule has 1 aliphatic heterocycles. The van der Waals surface area contributed by atoms with Crippen LogP contribution in [-0.2, 0) is 9.59 Å². The normalized spacial score (nSPS) is 34.2. The highest BCUT2D eigenvalue weighted by Gasteiger charge is 2.45. The largest absolute Gasteiger partial charge is 0.342 e. The summed E-state index contributed by atoms with van der Waals surface area (Å²) in [6.45, 7) is 8.22. The van der Waals surface area contributed by atoms with E-state index in [1.54, 1.807) is 0 Å². The highest BCUT2D eigenvalue weighted by atomic mass is 16.2. The number of nitrogens with one attached hydrogen (secondary N) is 1. The number of rotatable bonds is 4. The topological polar surface area (TPSA) is 49.4 Å². The fourth-order valence-electron chi connectivity index (χ4n) is 4.01. The van der Waals surface area contributed by atoms with Crippen molar-refractivity contribution < 1.29 is 9.59 Å². The number of hydrogen-bond acceptors (Lipinski definition) is 2. The van der Waals surface area contributed by atoms with Crippen molar-refractivity contribution >= 4 is 11.8 Å². The molecule has 120 valence electrons. The lowest BCUT2D eigenvalue weighted by atomic mass is 9.80. The van der Waals surface area contributed by atoms with Crippen molar-refractivity contribution in [2.24, 2.45) is 11.8 Å². The second kappa shape index (κ2) is 6.80. The Balaban J connectivity index is 2.30. The minimum absolute atomic E-state index is 0.0382. The van der Waals surface area contributed by atoms with Crippen LogP contribution in [0.1, 0.15) is 66.2 Å². The zero-order valence-electron chi connectivity index (χ0n) is 13.9. The van der Waals surface area contributed by atoms with Crippen molar-refractivity contribution in [1.82, 2.24) is 10.2 Å². The predicted octanol–water partition coefficient (Wildman–Crippen LogP) is 2.72. The van der Waals surface area contributed by atoms with Gasteiger partial charge >= 0.3 is 0 Å². The Labute approximate surface area is 128 Å². The van der Waals surface area contributed by atoms with E-state index in [0.29, 0.717) is 12.3 Å². The van der Waals surface area contributed by atoms with Gasteiger partial charge in [-0.25, -0.2) is 0 Å². The summed E-state index contributed by atoms with van der Waals surface area (Å²) in [6.07, 6.45) is 6.48. The molecule has 0 aromatic carbocycles. The number of carbonyl (C=O) groups is 2. The van der Waals surface area contributed by atoms with Crippen LogP contribution < -0.4 is 5.32 Å². The molecule has 2 aliphatic rings. The van der Waals surface area contributed by atoms with E-state index in [0.717, 1.165) is 12.8 Å². The molecule has 1 heterocycles. The van der Waals surface area contributed by atoms with Gasteiger partial charge < -0.3 is 10.2 Å². The first-order chi connectivity index (χ1) is 10.0. The van der Waals surface area contributed by atoms with Crippen molar-refractivity contribution in [1.29, 1.82) is 0 Å². The number of hydrogen-bond donors (Lipinski definition) is 1. The van der Waals surface area contributed by atoms with Crippen LogP contribution in [0.25, 0.3) is 0 Å². The van der Waals surface area contributed by atoms with Crippen molar-refractivity contribution in [3.05, 3.63) is 0 Å². The van der Waals surface area contributed by atoms with Crippen molar-refractivity contribution in [2.75, 3.05) is 0 Å². The third-order valence-electron chi connectivity index (χ3n) is 5.26. The van der Waals surface area contributed by atoms with Crippen molar-refractivity contribution in [3.63, 3.8) is 0 Å². The lowest BCUT2D eigenvalue weighted by Gasteiger charge is -2.48. The van der Waals surface area contributed by atoms with Crippen molar-refractivity contribution in [2.45, 2.75) is 84.3 Å². The molecule has 4 nitrogen and oxygen atoms in total. The highest BCUT2D eigenvalue weighted by Crippen LogP contribution is 2.34. The summed E-state index contributed by atoms with van der Waals surface area (Å²) in [6, 6.07) is -0.363. The summed E-state index contributed by atoms with van der Waals surface area (Å²) in [7, 11) is 0. The van der Waals surface area contributed by atoms with Gasteiger partial charge in [0.25, 0.3) is 0 Å². The molecule has 2 rings (SSSR count). The Morgan fingerprint density at radius 2 is 1.81 bits per heavy atom. The Morgan fingerprint density at radius 1 is 1.14 bits per heavy atom. The molecule has 1 saturated heterocycles. The molecule has 0 bridgehead atoms. The molecular formula is C17H30N2O2. The van der Waals surface area contributed by atoms with E-state index >= 15 is 0 Å². The quantitative estimate of drug-likeness (QED) is 0.866. The van der Waals surface area contributed by atoms with Gasteiger partial charge in [0.15, 0.2) is 0 Å². The Kier molecular flexibility index (Phi) is 5.28. The SMILES string of the molecule is CCC1CCCCC1N1C(=O)C(C(C)C)NC(=O)C1CC. The number of nitrogens with zero attached hydrogens (tertiary/aromatic N) is 1. The van der Waals surface area contributed by atoms with Crippen LogP contribution in [0.5, 0.6) is 0 Å². The van der Waals surface area contributed by atoms with Gasteiger partial charge in [0, 0.05) is 6.04 Å². The molecule has 4 unspecified atom stereocenters. The van der Waals surface area contributed by atoms with Crippen LogP contribution in [0, 0.1) is 11.8 Å². The molecule has 2 fully saturated rings. The lowest BCUT2D eigenvalue weighted by Crippen LogP contribution is -2.67. The van der Waals surface area contributed by atoms with Crippen LogP contribution in [0.15, 0.2) is 0 Å². The molecule has 0 aromatic rings. The zero-order chi connectivity index (χ0) is 15.6. The van der Waals surface area contributed by atoms with Crippen LogP contribution in [0.2, 0.25) is 0 Å². The van der Waals surface area contributed by atoms with Gasteiger partial charge in [-0.15, -0.1) is 0 Å². The molecular weight excluding hydrogens is 264 g/mol. The standard InChI is InChI=1S/C17H30N2O2/c1-5-12-9-7-8-10-14(12)19-13(6-2)16(20)18-15(11(3)4)17(19)21/h11-15H,5-10H2,1-4H3,(H,18,20). The average molecular weight is 294 g/mol. The molecule has 2 amide bonds. The van der Waals surface area contributed by atoms with Gasteiger partial charge in [0.2, 0.25) is 11.8 Å². The van der Waals surface area contributed by atoms with E-state index in [1.807, 2.05) is 25.7 Å². The van der Waals surface area contributed by atoms with Gasteiger partial charge in [-0.05, 0) is 31.1 Å². The predicted molar refractivity (Wildman–Crippen MR) is 83.7 cm³/mol. The van der Waals surface area contributed by atoms with E-state index in [-0.39, 0.29) is 35.9 Å². The van der Waals surface area contributed by atoms with Gasteiger partial charge in [-0.1, -0.05) is 47.0 Å². The smallest absolute Gasteiger partial charge is 0.246 e. The average Bonchev–Trinajstić information content (AvgIpc) is 2.48. The maximum Gasteiger partial charge on any atom is 0.246 e. The molecule has 0 radical (unpaired) electrons. The lowest BCUT2D eigenvalue weighted by molar-refractivity contribution is -0.156. The van der Waals surface area contributed by atoms with Crippen LogP contribution >= 0.6 is 0 Å². The number of piperazine rings is 1. The van der Waals surface area contributed by atoms with E-state index in [4.69, 9.17) is 0 Å². The second-order valence-corrected chi connectivity index (χ2v) is 6.92. The summed E-state index contributed by atoms with van der Waals surface area (Å²) >= 11 is 0. The van der Waals surface area contributed by atoms with E-state index in [9.17, 15) is 9.59 Å². The molecule has 4 atom stereocenters. The molecule has 0 spiro atoms. The van der Waals surface area contributed by atoms with Crippen LogP contribution in [-0.4, -0.2) is 34.8 Å². The highest BCUT2D eigenvalue weighted by molar-refractivity contribution is 5.97. The Morgan fingerprint density at radius 3 is 2.38 bits per heavy atom. The van der Waals surface area contributed by atoms with Crippen LogP contribution in [0.3, 0.4) is 0 Å². The number of amides is 2. The monoisotopic (exact) mass is 294 g/mol. The van der Waals surface area contributed by atoms with E-state index < -0.39 is 0 Å². The summed E-state index contributed by atoms with van der Waals surface area (Å²) in [5.74, 6) is 0.874. The third-order valence-corrected chi connectivity index (χ3v) is 5.26. The molecule has 1 aliphatic carbocycles. The summed E-state index contributed by atoms with van der Waals surface area (Å²) in [5, 5.41) is 2.94. The van der Waals surface area contributed by atoms with E-state index in [1.165, 1.54) is 19.3 Å². The fourth-order valence-corrected chi connectivity index (χ4v) is 4.01. The zero-order valence-corrected chi connectivity index (χ0v) is 13.9. The first-order valence-corrected chi connectivity index (χ1v) is 8.63. The number of carbonyl (C=O) groups excluding carboxylic acids is 2. The molecule has 0 aromatic heterocycles. The Bertz CT molecular complexity index is 394. The Hall–Kier alpha value is -1.06. The maximum atomic E-state index is 13.0. The van der Waals surface area contributed by atoms with Gasteiger partial charge in [0.05, 0.1) is 0 Å². The van der Waals surface area contributed by atoms with Crippen molar-refractivity contribution in [3.8, 4) is 0 Å². The first-order valence-electron chi connectivity index (χ1n) is 8.63. The second-order valence-electron chi connectivity index (χ2n) is 6.92. The van der Waals surface area contributed by atoms with Gasteiger partial charge in [-0.3, -0.25) is 9.59 Å². The third kappa shape index (κ3) is 3.09. The fraction of sp³-hybridized carbons (Fsp3) is 0.882. The van der Waals surface area contributed by atoms with Crippen LogP contribution in [0.4, 0.5) is 0 Å². The summed E-state index contributed by atoms with van der Waals surface area (Å²) in [5.41, 5.74) is 0. The minimum atomic E-state index is -0.347. The molecule has 1 saturated carbocycles. The van der Waals surface area contributed by atoms with E-state index in [2.05, 4.69) is 12.2 Å². The molecule has 21 heavy (non-hydrogen) atoms. The van der Waals surface area contributed by atoms with Gasteiger partial charge in [-0.2, -0.15) is 0 Å². The first kappa shape index (κ1) is 16.3. The summed E-state index contributed by atoms with van der Waals surface area (Å²) in [4.78, 5) is 27.4. The minimum Gasteiger partial charge on any atom is -0.342 e. The van der Waals surface area contributed by atoms with Gasteiger partial charge in [0.1, 0.15) is 12.1 Å². The summed E-state index contributed by atoms with van der Waals surface area (Å²) < 4.78 is 0. The maximum absolute atomic E-state index is 13.0.